The van der Waals surface area contributed by atoms with Crippen molar-refractivity contribution in [1.82, 2.24) is 30.1 Å². The number of nitrogens with one attached hydrogen (secondary N) is 1. The quantitative estimate of drug-likeness (QED) is 0.721. The molecule has 1 unspecified atom stereocenters. The fourth-order valence-corrected chi connectivity index (χ4v) is 2.94. The van der Waals surface area contributed by atoms with E-state index in [9.17, 15) is 4.79 Å². The zero-order valence-electron chi connectivity index (χ0n) is 15.0. The van der Waals surface area contributed by atoms with Crippen LogP contribution in [0, 0.1) is 13.8 Å². The molecule has 1 N–H and O–H groups in total. The van der Waals surface area contributed by atoms with E-state index in [0.717, 1.165) is 17.0 Å². The molecule has 1 amide bonds. The lowest BCUT2D eigenvalue weighted by atomic mass is 10.2. The Morgan fingerprint density at radius 2 is 2.08 bits per heavy atom. The van der Waals surface area contributed by atoms with Gasteiger partial charge in [0.15, 0.2) is 5.69 Å². The molecule has 26 heavy (non-hydrogen) atoms. The maximum Gasteiger partial charge on any atom is 0.273 e. The summed E-state index contributed by atoms with van der Waals surface area (Å²) in [6.07, 6.45) is 1.62. The van der Waals surface area contributed by atoms with Gasteiger partial charge < -0.3 is 5.32 Å². The van der Waals surface area contributed by atoms with Gasteiger partial charge in [-0.05, 0) is 38.5 Å². The van der Waals surface area contributed by atoms with Gasteiger partial charge in [0.1, 0.15) is 0 Å². The fourth-order valence-electron chi connectivity index (χ4n) is 2.74. The number of rotatable bonds is 6. The van der Waals surface area contributed by atoms with Crippen LogP contribution in [0.4, 0.5) is 0 Å². The molecule has 8 heteroatoms. The number of hydrogen-bond donors (Lipinski definition) is 1. The number of hydrogen-bond acceptors (Lipinski definition) is 4. The highest BCUT2D eigenvalue weighted by Crippen LogP contribution is 2.15. The van der Waals surface area contributed by atoms with Crippen LogP contribution in [-0.2, 0) is 13.1 Å². The van der Waals surface area contributed by atoms with Crippen molar-refractivity contribution in [2.24, 2.45) is 0 Å². The summed E-state index contributed by atoms with van der Waals surface area (Å²) in [5.41, 5.74) is 3.22. The second kappa shape index (κ2) is 7.70. The van der Waals surface area contributed by atoms with Gasteiger partial charge in [-0.25, -0.2) is 4.68 Å². The van der Waals surface area contributed by atoms with Crippen LogP contribution < -0.4 is 5.32 Å². The highest BCUT2D eigenvalue weighted by molar-refractivity contribution is 6.31. The molecular weight excluding hydrogens is 352 g/mol. The van der Waals surface area contributed by atoms with E-state index in [1.807, 2.05) is 55.8 Å². The molecule has 2 heterocycles. The molecule has 0 saturated heterocycles. The van der Waals surface area contributed by atoms with Gasteiger partial charge in [0.05, 0.1) is 25.0 Å². The first-order valence-electron chi connectivity index (χ1n) is 8.38. The largest absolute Gasteiger partial charge is 0.346 e. The average molecular weight is 373 g/mol. The number of nitrogens with zero attached hydrogens (tertiary/aromatic N) is 5. The first kappa shape index (κ1) is 18.1. The second-order valence-electron chi connectivity index (χ2n) is 6.38. The van der Waals surface area contributed by atoms with Crippen molar-refractivity contribution in [2.75, 3.05) is 0 Å². The molecule has 0 aliphatic carbocycles. The molecule has 0 aliphatic heterocycles. The molecule has 1 atom stereocenters. The Labute approximate surface area is 157 Å². The molecule has 2 aromatic heterocycles. The molecule has 3 aromatic rings. The highest BCUT2D eigenvalue weighted by Gasteiger charge is 2.15. The summed E-state index contributed by atoms with van der Waals surface area (Å²) in [5.74, 6) is -0.260. The van der Waals surface area contributed by atoms with Crippen LogP contribution in [0.5, 0.6) is 0 Å². The van der Waals surface area contributed by atoms with E-state index in [0.29, 0.717) is 18.1 Å². The van der Waals surface area contributed by atoms with Crippen LogP contribution in [0.25, 0.3) is 0 Å². The van der Waals surface area contributed by atoms with Crippen molar-refractivity contribution in [3.63, 3.8) is 0 Å². The summed E-state index contributed by atoms with van der Waals surface area (Å²) < 4.78 is 3.48. The van der Waals surface area contributed by atoms with Gasteiger partial charge in [0.25, 0.3) is 5.91 Å². The van der Waals surface area contributed by atoms with E-state index in [2.05, 4.69) is 20.7 Å². The third-order valence-corrected chi connectivity index (χ3v) is 4.36. The van der Waals surface area contributed by atoms with Gasteiger partial charge in [0, 0.05) is 16.8 Å². The predicted octanol–water partition coefficient (Wildman–Crippen LogP) is 2.61. The molecule has 3 rings (SSSR count). The summed E-state index contributed by atoms with van der Waals surface area (Å²) in [4.78, 5) is 12.4. The third-order valence-electron chi connectivity index (χ3n) is 3.99. The summed E-state index contributed by atoms with van der Waals surface area (Å²) in [6.45, 7) is 6.93. The lowest BCUT2D eigenvalue weighted by Crippen LogP contribution is -2.36. The second-order valence-corrected chi connectivity index (χ2v) is 6.78. The van der Waals surface area contributed by atoms with Crippen molar-refractivity contribution < 1.29 is 4.79 Å². The minimum atomic E-state index is -0.260. The molecule has 0 radical (unpaired) electrons. The first-order valence-corrected chi connectivity index (χ1v) is 8.75. The number of carbonyl (C=O) groups is 1. The van der Waals surface area contributed by atoms with E-state index in [4.69, 9.17) is 11.6 Å². The topological polar surface area (TPSA) is 77.6 Å². The van der Waals surface area contributed by atoms with Crippen LogP contribution in [-0.4, -0.2) is 36.7 Å². The summed E-state index contributed by atoms with van der Waals surface area (Å²) in [7, 11) is 0. The Balaban J connectivity index is 1.61. The van der Waals surface area contributed by atoms with Crippen molar-refractivity contribution in [3.8, 4) is 0 Å². The van der Waals surface area contributed by atoms with E-state index in [1.165, 1.54) is 0 Å². The third kappa shape index (κ3) is 4.29. The Morgan fingerprint density at radius 3 is 2.77 bits per heavy atom. The van der Waals surface area contributed by atoms with Crippen LogP contribution >= 0.6 is 11.6 Å². The van der Waals surface area contributed by atoms with E-state index in [1.54, 1.807) is 10.9 Å². The van der Waals surface area contributed by atoms with Gasteiger partial charge in [0.2, 0.25) is 0 Å². The number of aryl methyl sites for hydroxylation is 2. The van der Waals surface area contributed by atoms with Crippen LogP contribution in [0.2, 0.25) is 5.02 Å². The molecule has 0 fully saturated rings. The molecule has 136 valence electrons. The minimum Gasteiger partial charge on any atom is -0.346 e. The smallest absolute Gasteiger partial charge is 0.273 e. The molecule has 1 aromatic carbocycles. The number of halogens is 1. The van der Waals surface area contributed by atoms with Crippen LogP contribution in [0.3, 0.4) is 0 Å². The van der Waals surface area contributed by atoms with Gasteiger partial charge in [-0.1, -0.05) is 35.0 Å². The van der Waals surface area contributed by atoms with E-state index >= 15 is 0 Å². The number of benzene rings is 1. The molecule has 7 nitrogen and oxygen atoms in total. The zero-order chi connectivity index (χ0) is 18.7. The predicted molar refractivity (Wildman–Crippen MR) is 99.2 cm³/mol. The number of aromatic nitrogens is 5. The fraction of sp³-hybridized carbons (Fsp3) is 0.333. The van der Waals surface area contributed by atoms with Crippen LogP contribution in [0.1, 0.15) is 34.4 Å². The van der Waals surface area contributed by atoms with E-state index < -0.39 is 0 Å². The van der Waals surface area contributed by atoms with E-state index in [-0.39, 0.29) is 17.6 Å². The summed E-state index contributed by atoms with van der Waals surface area (Å²) in [6, 6.07) is 9.44. The van der Waals surface area contributed by atoms with Crippen molar-refractivity contribution >= 4 is 17.5 Å². The monoisotopic (exact) mass is 372 g/mol. The Kier molecular flexibility index (Phi) is 5.37. The maximum atomic E-state index is 12.4. The van der Waals surface area contributed by atoms with Crippen molar-refractivity contribution in [1.29, 1.82) is 0 Å². The minimum absolute atomic E-state index is 0.0887. The summed E-state index contributed by atoms with van der Waals surface area (Å²) >= 11 is 6.15. The normalized spacial score (nSPS) is 12.2. The van der Waals surface area contributed by atoms with Crippen LogP contribution in [0.15, 0.2) is 36.5 Å². The maximum absolute atomic E-state index is 12.4. The van der Waals surface area contributed by atoms with Crippen molar-refractivity contribution in [3.05, 3.63) is 64.2 Å². The molecular formula is C18H21ClN6O. The molecule has 0 aliphatic rings. The number of carbonyl (C=O) groups excluding carboxylic acids is 1. The Morgan fingerprint density at radius 1 is 1.31 bits per heavy atom. The SMILES string of the molecule is Cc1cc(C)n(CC(C)NC(=O)c2cn(Cc3ccccc3Cl)nn2)n1. The number of amides is 1. The van der Waals surface area contributed by atoms with Gasteiger partial charge >= 0.3 is 0 Å². The average Bonchev–Trinajstić information content (AvgIpc) is 3.16. The zero-order valence-corrected chi connectivity index (χ0v) is 15.7. The van der Waals surface area contributed by atoms with Gasteiger partial charge in [-0.3, -0.25) is 9.48 Å². The molecule has 0 saturated carbocycles. The van der Waals surface area contributed by atoms with Gasteiger partial charge in [-0.2, -0.15) is 5.10 Å². The first-order chi connectivity index (χ1) is 12.4. The highest BCUT2D eigenvalue weighted by atomic mass is 35.5. The summed E-state index contributed by atoms with van der Waals surface area (Å²) in [5, 5.41) is 16.0. The molecule has 0 bridgehead atoms. The van der Waals surface area contributed by atoms with Gasteiger partial charge in [-0.15, -0.1) is 5.10 Å². The standard InChI is InChI=1S/C18H21ClN6O/c1-12-8-14(3)25(22-12)9-13(2)20-18(26)17-11-24(23-21-17)10-15-6-4-5-7-16(15)19/h4-8,11,13H,9-10H2,1-3H3,(H,20,26). The lowest BCUT2D eigenvalue weighted by molar-refractivity contribution is 0.0930. The Hall–Kier alpha value is -2.67. The molecule has 0 spiro atoms. The Bertz CT molecular complexity index is 916. The van der Waals surface area contributed by atoms with Crippen molar-refractivity contribution in [2.45, 2.75) is 39.9 Å². The lowest BCUT2D eigenvalue weighted by Gasteiger charge is -2.14.